The van der Waals surface area contributed by atoms with Gasteiger partial charge in [-0.05, 0) is 24.8 Å². The van der Waals surface area contributed by atoms with Crippen LogP contribution in [0.3, 0.4) is 0 Å². The maximum Gasteiger partial charge on any atom is 0.0868 e. The second kappa shape index (κ2) is 4.79. The largest absolute Gasteiger partial charge is 0.287 e. The first-order valence-corrected chi connectivity index (χ1v) is 5.66. The van der Waals surface area contributed by atoms with Gasteiger partial charge < -0.3 is 0 Å². The Kier molecular flexibility index (Phi) is 3.95. The molecule has 1 rings (SSSR count). The highest BCUT2D eigenvalue weighted by molar-refractivity contribution is 4.89. The second-order valence-electron chi connectivity index (χ2n) is 5.36. The van der Waals surface area contributed by atoms with Crippen molar-refractivity contribution in [2.24, 2.45) is 5.41 Å². The third-order valence-corrected chi connectivity index (χ3v) is 3.14. The van der Waals surface area contributed by atoms with Gasteiger partial charge in [-0.3, -0.25) is 4.90 Å². The molecule has 1 atom stereocenters. The van der Waals surface area contributed by atoms with Gasteiger partial charge in [-0.2, -0.15) is 5.26 Å². The van der Waals surface area contributed by atoms with Gasteiger partial charge in [0, 0.05) is 6.04 Å². The van der Waals surface area contributed by atoms with Gasteiger partial charge in [-0.1, -0.05) is 33.6 Å². The van der Waals surface area contributed by atoms with Crippen molar-refractivity contribution in [2.75, 3.05) is 13.1 Å². The maximum atomic E-state index is 8.80. The van der Waals surface area contributed by atoms with E-state index in [1.807, 2.05) is 0 Å². The molecular formula is C12H22N2. The van der Waals surface area contributed by atoms with Crippen LogP contribution in [-0.4, -0.2) is 24.0 Å². The number of hydrogen-bond acceptors (Lipinski definition) is 2. The lowest BCUT2D eigenvalue weighted by Crippen LogP contribution is -2.43. The van der Waals surface area contributed by atoms with Crippen LogP contribution in [0.5, 0.6) is 0 Å². The minimum absolute atomic E-state index is 0.307. The van der Waals surface area contributed by atoms with Gasteiger partial charge in [-0.25, -0.2) is 0 Å². The molecule has 80 valence electrons. The highest BCUT2D eigenvalue weighted by atomic mass is 15.2. The van der Waals surface area contributed by atoms with Crippen LogP contribution in [0.15, 0.2) is 0 Å². The van der Waals surface area contributed by atoms with Crippen molar-refractivity contribution in [3.8, 4) is 6.07 Å². The van der Waals surface area contributed by atoms with E-state index in [1.54, 1.807) is 0 Å². The van der Waals surface area contributed by atoms with Crippen LogP contribution in [-0.2, 0) is 0 Å². The summed E-state index contributed by atoms with van der Waals surface area (Å²) in [5, 5.41) is 8.80. The normalized spacial score (nSPS) is 25.4. The van der Waals surface area contributed by atoms with Crippen molar-refractivity contribution in [1.82, 2.24) is 4.90 Å². The van der Waals surface area contributed by atoms with E-state index < -0.39 is 0 Å². The summed E-state index contributed by atoms with van der Waals surface area (Å²) in [5.41, 5.74) is 0.307. The maximum absolute atomic E-state index is 8.80. The SMILES string of the molecule is CC(C)(C)C1CCCCCN1CC#N. The summed E-state index contributed by atoms with van der Waals surface area (Å²) in [6.07, 6.45) is 5.16. The molecule has 1 unspecified atom stereocenters. The van der Waals surface area contributed by atoms with E-state index in [0.29, 0.717) is 18.0 Å². The van der Waals surface area contributed by atoms with E-state index >= 15 is 0 Å². The number of rotatable bonds is 1. The Morgan fingerprint density at radius 1 is 1.29 bits per heavy atom. The van der Waals surface area contributed by atoms with Gasteiger partial charge in [-0.15, -0.1) is 0 Å². The molecule has 1 aliphatic heterocycles. The lowest BCUT2D eigenvalue weighted by atomic mass is 9.83. The van der Waals surface area contributed by atoms with Crippen molar-refractivity contribution in [2.45, 2.75) is 52.5 Å². The predicted molar refractivity (Wildman–Crippen MR) is 58.9 cm³/mol. The lowest BCUT2D eigenvalue weighted by Gasteiger charge is -2.37. The number of hydrogen-bond donors (Lipinski definition) is 0. The van der Waals surface area contributed by atoms with Crippen molar-refractivity contribution < 1.29 is 0 Å². The van der Waals surface area contributed by atoms with Crippen molar-refractivity contribution in [3.05, 3.63) is 0 Å². The van der Waals surface area contributed by atoms with E-state index in [9.17, 15) is 0 Å². The average molecular weight is 194 g/mol. The fourth-order valence-electron chi connectivity index (χ4n) is 2.43. The Morgan fingerprint density at radius 3 is 2.57 bits per heavy atom. The number of nitrogens with zero attached hydrogens (tertiary/aromatic N) is 2. The molecule has 0 N–H and O–H groups in total. The van der Waals surface area contributed by atoms with Gasteiger partial charge in [0.15, 0.2) is 0 Å². The van der Waals surface area contributed by atoms with Crippen LogP contribution in [0, 0.1) is 16.7 Å². The summed E-state index contributed by atoms with van der Waals surface area (Å²) in [5.74, 6) is 0. The monoisotopic (exact) mass is 194 g/mol. The molecule has 0 aromatic heterocycles. The Morgan fingerprint density at radius 2 is 2.00 bits per heavy atom. The zero-order valence-corrected chi connectivity index (χ0v) is 9.71. The smallest absolute Gasteiger partial charge is 0.0868 e. The average Bonchev–Trinajstić information content (AvgIpc) is 2.29. The van der Waals surface area contributed by atoms with Crippen LogP contribution >= 0.6 is 0 Å². The molecule has 1 heterocycles. The first-order valence-electron chi connectivity index (χ1n) is 5.66. The molecule has 0 aliphatic carbocycles. The first-order chi connectivity index (χ1) is 6.55. The van der Waals surface area contributed by atoms with Gasteiger partial charge in [0.2, 0.25) is 0 Å². The molecule has 2 nitrogen and oxygen atoms in total. The molecule has 1 aliphatic rings. The molecule has 0 saturated carbocycles. The summed E-state index contributed by atoms with van der Waals surface area (Å²) in [6.45, 7) is 8.56. The van der Waals surface area contributed by atoms with Gasteiger partial charge in [0.1, 0.15) is 0 Å². The molecule has 14 heavy (non-hydrogen) atoms. The molecule has 2 heteroatoms. The highest BCUT2D eigenvalue weighted by Crippen LogP contribution is 2.30. The highest BCUT2D eigenvalue weighted by Gasteiger charge is 2.30. The third-order valence-electron chi connectivity index (χ3n) is 3.14. The topological polar surface area (TPSA) is 27.0 Å². The molecule has 0 spiro atoms. The minimum Gasteiger partial charge on any atom is -0.287 e. The molecule has 0 amide bonds. The Labute approximate surface area is 87.9 Å². The van der Waals surface area contributed by atoms with Gasteiger partial charge >= 0.3 is 0 Å². The quantitative estimate of drug-likeness (QED) is 0.600. The predicted octanol–water partition coefficient (Wildman–Crippen LogP) is 2.80. The molecule has 1 fully saturated rings. The Hall–Kier alpha value is -0.550. The Balaban J connectivity index is 2.70. The summed E-state index contributed by atoms with van der Waals surface area (Å²) in [7, 11) is 0. The third kappa shape index (κ3) is 2.99. The fourth-order valence-corrected chi connectivity index (χ4v) is 2.43. The summed E-state index contributed by atoms with van der Waals surface area (Å²) < 4.78 is 0. The van der Waals surface area contributed by atoms with Crippen molar-refractivity contribution in [3.63, 3.8) is 0 Å². The first kappa shape index (κ1) is 11.5. The van der Waals surface area contributed by atoms with Gasteiger partial charge in [0.25, 0.3) is 0 Å². The van der Waals surface area contributed by atoms with E-state index in [4.69, 9.17) is 5.26 Å². The molecule has 1 saturated heterocycles. The summed E-state index contributed by atoms with van der Waals surface area (Å²) in [6, 6.07) is 2.88. The van der Waals surface area contributed by atoms with Crippen LogP contribution in [0.4, 0.5) is 0 Å². The van der Waals surface area contributed by atoms with Crippen LogP contribution < -0.4 is 0 Å². The minimum atomic E-state index is 0.307. The lowest BCUT2D eigenvalue weighted by molar-refractivity contribution is 0.114. The van der Waals surface area contributed by atoms with Crippen LogP contribution in [0.25, 0.3) is 0 Å². The number of likely N-dealkylation sites (tertiary alicyclic amines) is 1. The van der Waals surface area contributed by atoms with E-state index in [-0.39, 0.29) is 0 Å². The standard InChI is InChI=1S/C12H22N2/c1-12(2,3)11-7-5-4-6-9-14(11)10-8-13/h11H,4-7,9-10H2,1-3H3. The summed E-state index contributed by atoms with van der Waals surface area (Å²) >= 11 is 0. The van der Waals surface area contributed by atoms with Crippen LogP contribution in [0.2, 0.25) is 0 Å². The molecule has 0 aromatic carbocycles. The van der Waals surface area contributed by atoms with E-state index in [0.717, 1.165) is 6.54 Å². The second-order valence-corrected chi connectivity index (χ2v) is 5.36. The fraction of sp³-hybridized carbons (Fsp3) is 0.917. The zero-order valence-electron chi connectivity index (χ0n) is 9.71. The summed E-state index contributed by atoms with van der Waals surface area (Å²) in [4.78, 5) is 2.37. The molecule has 0 bridgehead atoms. The molecular weight excluding hydrogens is 172 g/mol. The van der Waals surface area contributed by atoms with E-state index in [1.165, 1.54) is 25.7 Å². The molecule has 0 radical (unpaired) electrons. The molecule has 0 aromatic rings. The zero-order chi connectivity index (χ0) is 10.6. The van der Waals surface area contributed by atoms with Crippen LogP contribution in [0.1, 0.15) is 46.5 Å². The van der Waals surface area contributed by atoms with E-state index in [2.05, 4.69) is 31.7 Å². The van der Waals surface area contributed by atoms with Crippen molar-refractivity contribution in [1.29, 1.82) is 5.26 Å². The van der Waals surface area contributed by atoms with Crippen molar-refractivity contribution >= 4 is 0 Å². The Bertz CT molecular complexity index is 209. The van der Waals surface area contributed by atoms with Gasteiger partial charge in [0.05, 0.1) is 12.6 Å². The number of nitriles is 1.